The Labute approximate surface area is 106 Å². The van der Waals surface area contributed by atoms with E-state index >= 15 is 0 Å². The molecular weight excluding hydrogens is 230 g/mol. The molecule has 1 aromatic carbocycles. The molecule has 1 atom stereocenters. The minimum absolute atomic E-state index is 0.0800. The second-order valence-electron chi connectivity index (χ2n) is 4.08. The van der Waals surface area contributed by atoms with Crippen LogP contribution in [0.25, 0.3) is 11.4 Å². The van der Waals surface area contributed by atoms with Gasteiger partial charge in [0.1, 0.15) is 0 Å². The lowest BCUT2D eigenvalue weighted by Crippen LogP contribution is -2.15. The first-order valence-corrected chi connectivity index (χ1v) is 5.94. The lowest BCUT2D eigenvalue weighted by Gasteiger charge is -2.13. The van der Waals surface area contributed by atoms with Crippen molar-refractivity contribution in [2.24, 2.45) is 0 Å². The fourth-order valence-corrected chi connectivity index (χ4v) is 1.72. The molecule has 1 heterocycles. The van der Waals surface area contributed by atoms with Crippen molar-refractivity contribution >= 4 is 5.69 Å². The molecule has 96 valence electrons. The van der Waals surface area contributed by atoms with Gasteiger partial charge in [0.05, 0.1) is 12.6 Å². The van der Waals surface area contributed by atoms with Gasteiger partial charge in [-0.15, -0.1) is 5.10 Å². The third kappa shape index (κ3) is 2.65. The summed E-state index contributed by atoms with van der Waals surface area (Å²) in [7, 11) is 0. The number of rotatable bonds is 5. The summed E-state index contributed by atoms with van der Waals surface area (Å²) in [5.41, 5.74) is 7.37. The first-order valence-electron chi connectivity index (χ1n) is 5.94. The normalized spacial score (nSPS) is 12.6. The number of aromatic nitrogens is 4. The number of ether oxygens (including phenoxy) is 1. The molecule has 0 radical (unpaired) electrons. The molecule has 2 aromatic rings. The Morgan fingerprint density at radius 1 is 1.44 bits per heavy atom. The molecule has 0 aliphatic heterocycles. The SMILES string of the molecule is CCOCC(C)n1nnnc1-c1cccc(N)c1. The smallest absolute Gasteiger partial charge is 0.182 e. The van der Waals surface area contributed by atoms with Crippen molar-refractivity contribution < 1.29 is 4.74 Å². The molecule has 0 amide bonds. The predicted octanol–water partition coefficient (Wildman–Crippen LogP) is 1.52. The molecule has 0 spiro atoms. The fraction of sp³-hybridized carbons (Fsp3) is 0.417. The number of hydrogen-bond donors (Lipinski definition) is 1. The van der Waals surface area contributed by atoms with Crippen molar-refractivity contribution in [1.29, 1.82) is 0 Å². The maximum Gasteiger partial charge on any atom is 0.182 e. The van der Waals surface area contributed by atoms with Crippen LogP contribution in [-0.2, 0) is 4.74 Å². The van der Waals surface area contributed by atoms with E-state index in [9.17, 15) is 0 Å². The Bertz CT molecular complexity index is 511. The fourth-order valence-electron chi connectivity index (χ4n) is 1.72. The highest BCUT2D eigenvalue weighted by Gasteiger charge is 2.14. The standard InChI is InChI=1S/C12H17N5O/c1-3-18-8-9(2)17-12(14-15-16-17)10-5-4-6-11(13)7-10/h4-7,9H,3,8,13H2,1-2H3. The van der Waals surface area contributed by atoms with Crippen LogP contribution in [0.1, 0.15) is 19.9 Å². The average molecular weight is 247 g/mol. The Kier molecular flexibility index (Phi) is 3.88. The minimum atomic E-state index is 0.0800. The molecule has 2 N–H and O–H groups in total. The lowest BCUT2D eigenvalue weighted by molar-refractivity contribution is 0.115. The van der Waals surface area contributed by atoms with Gasteiger partial charge in [0.25, 0.3) is 0 Å². The first-order chi connectivity index (χ1) is 8.72. The Balaban J connectivity index is 2.27. The van der Waals surface area contributed by atoms with E-state index in [-0.39, 0.29) is 6.04 Å². The van der Waals surface area contributed by atoms with Crippen LogP contribution in [0.4, 0.5) is 5.69 Å². The highest BCUT2D eigenvalue weighted by Crippen LogP contribution is 2.21. The molecule has 0 saturated heterocycles. The molecule has 0 aliphatic carbocycles. The van der Waals surface area contributed by atoms with Gasteiger partial charge in [-0.1, -0.05) is 12.1 Å². The Morgan fingerprint density at radius 2 is 2.28 bits per heavy atom. The van der Waals surface area contributed by atoms with E-state index in [2.05, 4.69) is 15.5 Å². The number of hydrogen-bond acceptors (Lipinski definition) is 5. The van der Waals surface area contributed by atoms with Crippen molar-refractivity contribution in [2.45, 2.75) is 19.9 Å². The van der Waals surface area contributed by atoms with Gasteiger partial charge in [-0.2, -0.15) is 0 Å². The molecule has 1 unspecified atom stereocenters. The van der Waals surface area contributed by atoms with Crippen LogP contribution >= 0.6 is 0 Å². The predicted molar refractivity (Wildman–Crippen MR) is 68.9 cm³/mol. The van der Waals surface area contributed by atoms with E-state index in [1.165, 1.54) is 0 Å². The quantitative estimate of drug-likeness (QED) is 0.810. The zero-order valence-electron chi connectivity index (χ0n) is 10.6. The summed E-state index contributed by atoms with van der Waals surface area (Å²) in [5, 5.41) is 11.8. The number of nitrogens with two attached hydrogens (primary N) is 1. The highest BCUT2D eigenvalue weighted by molar-refractivity contribution is 5.60. The van der Waals surface area contributed by atoms with Crippen LogP contribution in [0.2, 0.25) is 0 Å². The maximum absolute atomic E-state index is 5.77. The van der Waals surface area contributed by atoms with Crippen LogP contribution in [0.5, 0.6) is 0 Å². The molecule has 18 heavy (non-hydrogen) atoms. The summed E-state index contributed by atoms with van der Waals surface area (Å²) in [4.78, 5) is 0. The molecule has 0 aliphatic rings. The first kappa shape index (κ1) is 12.5. The summed E-state index contributed by atoms with van der Waals surface area (Å²) in [5.74, 6) is 0.703. The van der Waals surface area contributed by atoms with E-state index < -0.39 is 0 Å². The molecule has 0 saturated carbocycles. The summed E-state index contributed by atoms with van der Waals surface area (Å²) in [6.45, 7) is 5.24. The molecular formula is C12H17N5O. The third-order valence-corrected chi connectivity index (χ3v) is 2.62. The number of nitrogen functional groups attached to an aromatic ring is 1. The van der Waals surface area contributed by atoms with Gasteiger partial charge < -0.3 is 10.5 Å². The van der Waals surface area contributed by atoms with Gasteiger partial charge in [0, 0.05) is 17.9 Å². The van der Waals surface area contributed by atoms with Crippen molar-refractivity contribution in [2.75, 3.05) is 18.9 Å². The van der Waals surface area contributed by atoms with E-state index in [1.54, 1.807) is 4.68 Å². The number of tetrazole rings is 1. The van der Waals surface area contributed by atoms with Crippen LogP contribution in [0.15, 0.2) is 24.3 Å². The average Bonchev–Trinajstić information content (AvgIpc) is 2.85. The zero-order chi connectivity index (χ0) is 13.0. The molecule has 6 heteroatoms. The van der Waals surface area contributed by atoms with Crippen LogP contribution in [0, 0.1) is 0 Å². The topological polar surface area (TPSA) is 78.8 Å². The zero-order valence-corrected chi connectivity index (χ0v) is 10.6. The van der Waals surface area contributed by atoms with E-state index in [0.717, 1.165) is 5.56 Å². The van der Waals surface area contributed by atoms with Crippen LogP contribution < -0.4 is 5.73 Å². The molecule has 2 rings (SSSR count). The van der Waals surface area contributed by atoms with E-state index in [1.807, 2.05) is 38.1 Å². The largest absolute Gasteiger partial charge is 0.399 e. The summed E-state index contributed by atoms with van der Waals surface area (Å²) in [6, 6.07) is 7.59. The molecule has 0 fully saturated rings. The number of benzene rings is 1. The second-order valence-corrected chi connectivity index (χ2v) is 4.08. The summed E-state index contributed by atoms with van der Waals surface area (Å²) >= 11 is 0. The summed E-state index contributed by atoms with van der Waals surface area (Å²) in [6.07, 6.45) is 0. The van der Waals surface area contributed by atoms with Gasteiger partial charge in [-0.3, -0.25) is 0 Å². The second kappa shape index (κ2) is 5.59. The Hall–Kier alpha value is -1.95. The minimum Gasteiger partial charge on any atom is -0.399 e. The number of anilines is 1. The van der Waals surface area contributed by atoms with Gasteiger partial charge >= 0.3 is 0 Å². The van der Waals surface area contributed by atoms with Crippen molar-refractivity contribution in [3.8, 4) is 11.4 Å². The lowest BCUT2D eigenvalue weighted by atomic mass is 10.2. The van der Waals surface area contributed by atoms with Gasteiger partial charge in [0.15, 0.2) is 5.82 Å². The Morgan fingerprint density at radius 3 is 3.00 bits per heavy atom. The van der Waals surface area contributed by atoms with Crippen LogP contribution in [-0.4, -0.2) is 33.4 Å². The third-order valence-electron chi connectivity index (χ3n) is 2.62. The van der Waals surface area contributed by atoms with Gasteiger partial charge in [-0.05, 0) is 36.4 Å². The van der Waals surface area contributed by atoms with E-state index in [0.29, 0.717) is 24.7 Å². The van der Waals surface area contributed by atoms with Crippen molar-refractivity contribution in [3.05, 3.63) is 24.3 Å². The van der Waals surface area contributed by atoms with Crippen molar-refractivity contribution in [3.63, 3.8) is 0 Å². The van der Waals surface area contributed by atoms with Gasteiger partial charge in [-0.25, -0.2) is 4.68 Å². The van der Waals surface area contributed by atoms with Crippen LogP contribution in [0.3, 0.4) is 0 Å². The van der Waals surface area contributed by atoms with Crippen molar-refractivity contribution in [1.82, 2.24) is 20.2 Å². The maximum atomic E-state index is 5.77. The molecule has 6 nitrogen and oxygen atoms in total. The highest BCUT2D eigenvalue weighted by atomic mass is 16.5. The monoisotopic (exact) mass is 247 g/mol. The van der Waals surface area contributed by atoms with Gasteiger partial charge in [0.2, 0.25) is 0 Å². The summed E-state index contributed by atoms with van der Waals surface area (Å²) < 4.78 is 7.15. The molecule has 1 aromatic heterocycles. The number of nitrogens with zero attached hydrogens (tertiary/aromatic N) is 4. The van der Waals surface area contributed by atoms with E-state index in [4.69, 9.17) is 10.5 Å². The molecule has 0 bridgehead atoms.